The first kappa shape index (κ1) is 44.4. The minimum atomic E-state index is -0.717. The molecule has 11 rings (SSSR count). The fraction of sp³-hybridized carbons (Fsp3) is 0.714. The molecule has 8 aliphatic rings. The van der Waals surface area contributed by atoms with Gasteiger partial charge < -0.3 is 34.6 Å². The summed E-state index contributed by atoms with van der Waals surface area (Å²) in [6.45, 7) is 18.0. The molecule has 0 amide bonds. The second-order valence-corrected chi connectivity index (χ2v) is 24.6. The third-order valence-electron chi connectivity index (χ3n) is 20.6. The molecule has 0 radical (unpaired) electrons. The van der Waals surface area contributed by atoms with Crippen molar-refractivity contribution < 1.29 is 29.3 Å². The maximum atomic E-state index is 15.4. The van der Waals surface area contributed by atoms with Gasteiger partial charge >= 0.3 is 0 Å². The number of rotatable bonds is 7. The lowest BCUT2D eigenvalue weighted by molar-refractivity contribution is -0.227. The van der Waals surface area contributed by atoms with Gasteiger partial charge in [0.15, 0.2) is 5.78 Å². The molecule has 2 aromatic heterocycles. The number of aromatic amines is 1. The van der Waals surface area contributed by atoms with Gasteiger partial charge in [-0.25, -0.2) is 0 Å². The summed E-state index contributed by atoms with van der Waals surface area (Å²) in [4.78, 5) is 33.7. The van der Waals surface area contributed by atoms with E-state index in [1.165, 1.54) is 33.3 Å². The van der Waals surface area contributed by atoms with E-state index >= 15 is 4.79 Å². The smallest absolute Gasteiger partial charge is 0.160 e. The van der Waals surface area contributed by atoms with Crippen molar-refractivity contribution in [3.63, 3.8) is 0 Å². The van der Waals surface area contributed by atoms with Crippen LogP contribution in [0.3, 0.4) is 0 Å². The first-order valence-electron chi connectivity index (χ1n) is 25.7. The fourth-order valence-electron chi connectivity index (χ4n) is 17.4. The predicted molar refractivity (Wildman–Crippen MR) is 254 cm³/mol. The van der Waals surface area contributed by atoms with E-state index in [4.69, 9.17) is 9.47 Å². The van der Waals surface area contributed by atoms with Crippen molar-refractivity contribution in [3.8, 4) is 0 Å². The number of hydrogen-bond donors (Lipinski definition) is 4. The van der Waals surface area contributed by atoms with Crippen molar-refractivity contribution in [2.45, 2.75) is 187 Å². The third kappa shape index (κ3) is 6.53. The Morgan fingerprint density at radius 1 is 0.969 bits per heavy atom. The third-order valence-corrected chi connectivity index (χ3v) is 20.6. The van der Waals surface area contributed by atoms with E-state index in [0.29, 0.717) is 50.0 Å². The summed E-state index contributed by atoms with van der Waals surface area (Å²) in [5, 5.41) is 29.4. The van der Waals surface area contributed by atoms with Gasteiger partial charge in [-0.1, -0.05) is 57.9 Å². The number of H-pyrrole nitrogens is 1. The van der Waals surface area contributed by atoms with Gasteiger partial charge in [-0.15, -0.1) is 0 Å². The van der Waals surface area contributed by atoms with E-state index in [-0.39, 0.29) is 45.9 Å². The highest BCUT2D eigenvalue weighted by Gasteiger charge is 2.73. The molecule has 1 spiro atoms. The van der Waals surface area contributed by atoms with E-state index < -0.39 is 28.6 Å². The van der Waals surface area contributed by atoms with E-state index in [1.807, 2.05) is 13.8 Å². The van der Waals surface area contributed by atoms with Crippen LogP contribution in [0, 0.1) is 51.8 Å². The zero-order chi connectivity index (χ0) is 45.6. The maximum absolute atomic E-state index is 15.4. The average molecular weight is 888 g/mol. The number of carbonyl (C=O) groups excluding carboxylic acids is 2. The first-order chi connectivity index (χ1) is 30.9. The SMILES string of the molecule is CNC1CCCC2(C1)C(=O)CCC1(C)C2CCC2(C)C1C(O)C1Cn3cc(Cc4cc(C)cc(C5CCOCC5)c4)c4[nH]cc(c43)CCC(C)(CC(O)C3OC3(C)C)C3=C1C2(C)CC3=O. The fourth-order valence-corrected chi connectivity index (χ4v) is 17.4. The Hall–Kier alpha value is -3.08. The van der Waals surface area contributed by atoms with E-state index in [0.717, 1.165) is 101 Å². The van der Waals surface area contributed by atoms with Gasteiger partial charge in [0, 0.05) is 79.8 Å². The molecule has 65 heavy (non-hydrogen) atoms. The first-order valence-corrected chi connectivity index (χ1v) is 25.7. The molecule has 352 valence electrons. The minimum absolute atomic E-state index is 0.0906. The molecule has 4 saturated carbocycles. The molecule has 12 unspecified atom stereocenters. The highest BCUT2D eigenvalue weighted by molar-refractivity contribution is 6.02. The van der Waals surface area contributed by atoms with Gasteiger partial charge in [0.05, 0.1) is 28.8 Å². The Bertz CT molecular complexity index is 2460. The van der Waals surface area contributed by atoms with Crippen LogP contribution in [0.1, 0.15) is 159 Å². The van der Waals surface area contributed by atoms with Gasteiger partial charge in [-0.05, 0) is 160 Å². The second-order valence-electron chi connectivity index (χ2n) is 24.6. The zero-order valence-electron chi connectivity index (χ0n) is 40.7. The summed E-state index contributed by atoms with van der Waals surface area (Å²) in [7, 11) is 2.05. The van der Waals surface area contributed by atoms with Crippen LogP contribution in [-0.2, 0) is 38.4 Å². The van der Waals surface area contributed by atoms with Gasteiger partial charge in [0.1, 0.15) is 11.9 Å². The maximum Gasteiger partial charge on any atom is 0.160 e. The molecule has 9 heteroatoms. The molecule has 0 bridgehead atoms. The topological polar surface area (TPSA) is 129 Å². The number of aliphatic hydroxyl groups is 2. The second kappa shape index (κ2) is 15.2. The number of allylic oxidation sites excluding steroid dienone is 1. The van der Waals surface area contributed by atoms with Crippen LogP contribution >= 0.6 is 0 Å². The monoisotopic (exact) mass is 888 g/mol. The van der Waals surface area contributed by atoms with Crippen molar-refractivity contribution in [1.82, 2.24) is 14.9 Å². The Kier molecular flexibility index (Phi) is 10.4. The number of nitrogens with one attached hydrogen (secondary N) is 2. The van der Waals surface area contributed by atoms with Crippen LogP contribution < -0.4 is 5.32 Å². The average Bonchev–Trinajstić information content (AvgIpc) is 3.50. The summed E-state index contributed by atoms with van der Waals surface area (Å²) in [6.07, 6.45) is 15.3. The van der Waals surface area contributed by atoms with Crippen LogP contribution in [0.4, 0.5) is 0 Å². The van der Waals surface area contributed by atoms with Crippen LogP contribution in [0.2, 0.25) is 0 Å². The number of ether oxygens (including phenoxy) is 2. The number of Topliss-reactive ketones (excluding diaryl/α,β-unsaturated/α-hetero) is 2. The van der Waals surface area contributed by atoms with E-state index in [2.05, 4.69) is 87.1 Å². The summed E-state index contributed by atoms with van der Waals surface area (Å²) in [5.74, 6) is 0.953. The molecule has 6 fully saturated rings. The largest absolute Gasteiger partial charge is 0.392 e. The number of nitrogens with zero attached hydrogens (tertiary/aromatic N) is 1. The Morgan fingerprint density at radius 3 is 2.48 bits per heavy atom. The van der Waals surface area contributed by atoms with Gasteiger partial charge in [-0.3, -0.25) is 9.59 Å². The molecule has 2 saturated heterocycles. The number of ketones is 2. The lowest BCUT2D eigenvalue weighted by Crippen LogP contribution is -2.69. The summed E-state index contributed by atoms with van der Waals surface area (Å²) >= 11 is 0. The highest BCUT2D eigenvalue weighted by atomic mass is 16.6. The normalized spacial score (nSPS) is 40.8. The standard InChI is InChI=1S/C56H77N3O6/c1-32-22-33(24-36(23-32)34-14-20-64-21-15-34)25-37-30-59-31-39-44-45(52(4,27-41(61)50-51(2,3)65-50)17-11-35-29-58-46(37)47(35)59)40(60)28-55(44,7)54(6)19-12-42-53(5,49(54)48(39)63)18-13-43(62)56(42)16-9-10-38(26-56)57-8/h22-24,29-30,34,38-39,41-42,48-50,57-58,61,63H,9-21,25-28,31H2,1-8H3. The van der Waals surface area contributed by atoms with Crippen LogP contribution in [0.5, 0.6) is 0 Å². The van der Waals surface area contributed by atoms with Crippen LogP contribution in [0.25, 0.3) is 11.0 Å². The summed E-state index contributed by atoms with van der Waals surface area (Å²) < 4.78 is 14.3. The van der Waals surface area contributed by atoms with Crippen molar-refractivity contribution in [3.05, 3.63) is 69.6 Å². The van der Waals surface area contributed by atoms with Crippen molar-refractivity contribution in [1.29, 1.82) is 0 Å². The van der Waals surface area contributed by atoms with Crippen molar-refractivity contribution >= 4 is 22.6 Å². The van der Waals surface area contributed by atoms with Gasteiger partial charge in [0.25, 0.3) is 0 Å². The number of hydrogen-bond acceptors (Lipinski definition) is 7. The molecule has 4 N–H and O–H groups in total. The molecular weight excluding hydrogens is 811 g/mol. The van der Waals surface area contributed by atoms with Gasteiger partial charge in [0.2, 0.25) is 0 Å². The van der Waals surface area contributed by atoms with Gasteiger partial charge in [-0.2, -0.15) is 0 Å². The molecular formula is C56H77N3O6. The van der Waals surface area contributed by atoms with E-state index in [9.17, 15) is 15.0 Å². The van der Waals surface area contributed by atoms with Crippen molar-refractivity contribution in [2.24, 2.45) is 44.8 Å². The Labute approximate surface area is 387 Å². The number of aromatic nitrogens is 2. The molecule has 5 aliphatic carbocycles. The molecule has 12 atom stereocenters. The lowest BCUT2D eigenvalue weighted by Gasteiger charge is -2.71. The molecule has 9 nitrogen and oxygen atoms in total. The lowest BCUT2D eigenvalue weighted by atomic mass is 9.33. The predicted octanol–water partition coefficient (Wildman–Crippen LogP) is 9.46. The highest BCUT2D eigenvalue weighted by Crippen LogP contribution is 2.76. The number of benzene rings is 1. The number of carbonyl (C=O) groups is 2. The van der Waals surface area contributed by atoms with Crippen LogP contribution in [-0.4, -0.2) is 81.5 Å². The molecule has 3 aliphatic heterocycles. The summed E-state index contributed by atoms with van der Waals surface area (Å²) in [6, 6.07) is 7.46. The molecule has 1 aromatic carbocycles. The quantitative estimate of drug-likeness (QED) is 0.174. The Balaban J connectivity index is 1.06. The van der Waals surface area contributed by atoms with E-state index in [1.54, 1.807) is 0 Å². The minimum Gasteiger partial charge on any atom is -0.392 e. The summed E-state index contributed by atoms with van der Waals surface area (Å²) in [5.41, 5.74) is 8.37. The zero-order valence-corrected chi connectivity index (χ0v) is 40.7. The Morgan fingerprint density at radius 2 is 1.74 bits per heavy atom. The molecule has 5 heterocycles. The number of epoxide rings is 1. The number of aryl methyl sites for hydroxylation is 2. The number of aliphatic hydroxyl groups excluding tert-OH is 2. The van der Waals surface area contributed by atoms with Crippen molar-refractivity contribution in [2.75, 3.05) is 20.3 Å². The van der Waals surface area contributed by atoms with Crippen LogP contribution in [0.15, 0.2) is 41.7 Å². The number of fused-ring (bicyclic) bond motifs is 5. The molecule has 3 aromatic rings.